The Bertz CT molecular complexity index is 289. The Hall–Kier alpha value is -1.36. The molecule has 0 aliphatic rings. The third-order valence-electron chi connectivity index (χ3n) is 2.76. The van der Waals surface area contributed by atoms with Crippen molar-refractivity contribution in [3.63, 3.8) is 0 Å². The Balaban J connectivity index is -0.000000295. The summed E-state index contributed by atoms with van der Waals surface area (Å²) in [5.41, 5.74) is 0. The van der Waals surface area contributed by atoms with E-state index in [0.29, 0.717) is 38.5 Å². The average molecular weight is 302 g/mol. The van der Waals surface area contributed by atoms with Crippen molar-refractivity contribution in [1.29, 1.82) is 0 Å². The second-order valence-electron chi connectivity index (χ2n) is 4.90. The van der Waals surface area contributed by atoms with Gasteiger partial charge in [0, 0.05) is 38.5 Å². The third-order valence-corrected chi connectivity index (χ3v) is 2.76. The van der Waals surface area contributed by atoms with Gasteiger partial charge in [0.15, 0.2) is 0 Å². The van der Waals surface area contributed by atoms with E-state index in [1.165, 1.54) is 0 Å². The first kappa shape index (κ1) is 24.6. The zero-order chi connectivity index (χ0) is 16.0. The highest BCUT2D eigenvalue weighted by Gasteiger charge is 1.99. The molecule has 21 heavy (non-hydrogen) atoms. The van der Waals surface area contributed by atoms with Crippen LogP contribution in [0.15, 0.2) is 0 Å². The lowest BCUT2D eigenvalue weighted by molar-refractivity contribution is -0.121. The van der Waals surface area contributed by atoms with E-state index in [9.17, 15) is 19.2 Å². The van der Waals surface area contributed by atoms with E-state index in [1.807, 2.05) is 13.8 Å². The highest BCUT2D eigenvalue weighted by atomic mass is 16.1. The summed E-state index contributed by atoms with van der Waals surface area (Å²) < 4.78 is 0. The van der Waals surface area contributed by atoms with Crippen LogP contribution in [-0.2, 0) is 19.2 Å². The highest BCUT2D eigenvalue weighted by Crippen LogP contribution is 1.99. The quantitative estimate of drug-likeness (QED) is 0.619. The van der Waals surface area contributed by atoms with Crippen LogP contribution in [-0.4, -0.2) is 28.6 Å². The lowest BCUT2D eigenvalue weighted by atomic mass is 10.1. The molecule has 0 aliphatic carbocycles. The number of hydrogen-bond acceptors (Lipinski definition) is 4. The van der Waals surface area contributed by atoms with E-state index >= 15 is 0 Å². The molecule has 0 amide bonds. The lowest BCUT2D eigenvalue weighted by Gasteiger charge is -1.93. The molecule has 0 rings (SSSR count). The molecular weight excluding hydrogens is 272 g/mol. The Morgan fingerprint density at radius 3 is 1.10 bits per heavy atom. The molecule has 0 heterocycles. The SMILES string of the molecule is CCC(=O)CCCC(C)=O.CCC(=O)CCCC(C)=O.O. The van der Waals surface area contributed by atoms with Gasteiger partial charge in [-0.05, 0) is 26.7 Å². The van der Waals surface area contributed by atoms with Crippen LogP contribution in [0.25, 0.3) is 0 Å². The minimum atomic E-state index is 0. The number of carbonyl (C=O) groups is 4. The van der Waals surface area contributed by atoms with Crippen LogP contribution < -0.4 is 0 Å². The second kappa shape index (κ2) is 16.7. The van der Waals surface area contributed by atoms with Crippen molar-refractivity contribution in [2.75, 3.05) is 0 Å². The molecule has 0 aromatic heterocycles. The van der Waals surface area contributed by atoms with Crippen LogP contribution in [0.4, 0.5) is 0 Å². The Morgan fingerprint density at radius 2 is 0.905 bits per heavy atom. The molecule has 0 unspecified atom stereocenters. The first-order chi connectivity index (χ1) is 9.33. The Kier molecular flexibility index (Phi) is 19.6. The van der Waals surface area contributed by atoms with E-state index in [1.54, 1.807) is 13.8 Å². The normalized spacial score (nSPS) is 8.95. The zero-order valence-corrected chi connectivity index (χ0v) is 13.8. The van der Waals surface area contributed by atoms with Gasteiger partial charge in [0.1, 0.15) is 23.1 Å². The molecule has 0 fully saturated rings. The molecule has 5 heteroatoms. The van der Waals surface area contributed by atoms with Gasteiger partial charge in [0.2, 0.25) is 0 Å². The minimum absolute atomic E-state index is 0. The summed E-state index contributed by atoms with van der Waals surface area (Å²) in [5, 5.41) is 0. The topological polar surface area (TPSA) is 99.8 Å². The smallest absolute Gasteiger partial charge is 0.132 e. The van der Waals surface area contributed by atoms with Gasteiger partial charge >= 0.3 is 0 Å². The fourth-order valence-electron chi connectivity index (χ4n) is 1.42. The summed E-state index contributed by atoms with van der Waals surface area (Å²) in [6, 6.07) is 0. The second-order valence-corrected chi connectivity index (χ2v) is 4.90. The molecule has 0 aromatic rings. The largest absolute Gasteiger partial charge is 0.412 e. The average Bonchev–Trinajstić information content (AvgIpc) is 2.38. The van der Waals surface area contributed by atoms with Crippen LogP contribution in [0.5, 0.6) is 0 Å². The fraction of sp³-hybridized carbons (Fsp3) is 0.750. The predicted octanol–water partition coefficient (Wildman–Crippen LogP) is 2.62. The standard InChI is InChI=1S/2C8H14O2.H2O/c2*1-3-8(10)6-4-5-7(2)9;/h2*3-6H2,1-2H3;1H2. The molecule has 0 atom stereocenters. The van der Waals surface area contributed by atoms with Gasteiger partial charge in [-0.1, -0.05) is 13.8 Å². The molecule has 0 saturated heterocycles. The fourth-order valence-corrected chi connectivity index (χ4v) is 1.42. The molecule has 0 aromatic carbocycles. The molecule has 0 spiro atoms. The first-order valence-corrected chi connectivity index (χ1v) is 7.35. The Labute approximate surface area is 127 Å². The summed E-state index contributed by atoms with van der Waals surface area (Å²) in [4.78, 5) is 42.2. The number of carbonyl (C=O) groups excluding carboxylic acids is 4. The Morgan fingerprint density at radius 1 is 0.619 bits per heavy atom. The number of hydrogen-bond donors (Lipinski definition) is 0. The van der Waals surface area contributed by atoms with Gasteiger partial charge in [0.25, 0.3) is 0 Å². The zero-order valence-electron chi connectivity index (χ0n) is 13.8. The van der Waals surface area contributed by atoms with Crippen LogP contribution in [0, 0.1) is 0 Å². The van der Waals surface area contributed by atoms with E-state index in [0.717, 1.165) is 12.8 Å². The highest BCUT2D eigenvalue weighted by molar-refractivity contribution is 5.80. The number of Topliss-reactive ketones (excluding diaryl/α,β-unsaturated/α-hetero) is 4. The van der Waals surface area contributed by atoms with E-state index in [4.69, 9.17) is 0 Å². The molecular formula is C16H30O5. The van der Waals surface area contributed by atoms with E-state index in [2.05, 4.69) is 0 Å². The van der Waals surface area contributed by atoms with Crippen molar-refractivity contribution in [3.8, 4) is 0 Å². The van der Waals surface area contributed by atoms with Crippen molar-refractivity contribution in [2.24, 2.45) is 0 Å². The molecule has 0 bridgehead atoms. The van der Waals surface area contributed by atoms with Gasteiger partial charge in [-0.15, -0.1) is 0 Å². The van der Waals surface area contributed by atoms with Gasteiger partial charge < -0.3 is 15.1 Å². The first-order valence-electron chi connectivity index (χ1n) is 7.35. The molecule has 0 aliphatic heterocycles. The van der Waals surface area contributed by atoms with Crippen molar-refractivity contribution in [3.05, 3.63) is 0 Å². The maximum Gasteiger partial charge on any atom is 0.132 e. The predicted molar refractivity (Wildman–Crippen MR) is 83.3 cm³/mol. The van der Waals surface area contributed by atoms with Gasteiger partial charge in [-0.3, -0.25) is 9.59 Å². The van der Waals surface area contributed by atoms with Crippen LogP contribution in [0.1, 0.15) is 79.1 Å². The van der Waals surface area contributed by atoms with Gasteiger partial charge in [0.05, 0.1) is 0 Å². The molecule has 124 valence electrons. The molecule has 5 nitrogen and oxygen atoms in total. The third kappa shape index (κ3) is 24.1. The van der Waals surface area contributed by atoms with Crippen LogP contribution in [0.2, 0.25) is 0 Å². The molecule has 0 saturated carbocycles. The van der Waals surface area contributed by atoms with Crippen LogP contribution in [0.3, 0.4) is 0 Å². The number of ketones is 4. The van der Waals surface area contributed by atoms with E-state index in [-0.39, 0.29) is 28.6 Å². The minimum Gasteiger partial charge on any atom is -0.412 e. The summed E-state index contributed by atoms with van der Waals surface area (Å²) >= 11 is 0. The molecule has 2 N–H and O–H groups in total. The van der Waals surface area contributed by atoms with Gasteiger partial charge in [-0.2, -0.15) is 0 Å². The van der Waals surface area contributed by atoms with Gasteiger partial charge in [-0.25, -0.2) is 0 Å². The summed E-state index contributed by atoms with van der Waals surface area (Å²) in [6.07, 6.45) is 4.86. The van der Waals surface area contributed by atoms with Crippen molar-refractivity contribution >= 4 is 23.1 Å². The van der Waals surface area contributed by atoms with E-state index < -0.39 is 0 Å². The van der Waals surface area contributed by atoms with Crippen LogP contribution >= 0.6 is 0 Å². The monoisotopic (exact) mass is 302 g/mol. The number of rotatable bonds is 10. The maximum atomic E-state index is 10.7. The lowest BCUT2D eigenvalue weighted by Crippen LogP contribution is -1.97. The molecule has 0 radical (unpaired) electrons. The van der Waals surface area contributed by atoms with Crippen molar-refractivity contribution < 1.29 is 24.7 Å². The summed E-state index contributed by atoms with van der Waals surface area (Å²) in [6.45, 7) is 6.79. The summed E-state index contributed by atoms with van der Waals surface area (Å²) in [5.74, 6) is 0.843. The van der Waals surface area contributed by atoms with Crippen molar-refractivity contribution in [2.45, 2.75) is 79.1 Å². The van der Waals surface area contributed by atoms with Crippen molar-refractivity contribution in [1.82, 2.24) is 0 Å². The summed E-state index contributed by atoms with van der Waals surface area (Å²) in [7, 11) is 0. The maximum absolute atomic E-state index is 10.7.